The van der Waals surface area contributed by atoms with Crippen molar-refractivity contribution < 1.29 is 14.7 Å². The quantitative estimate of drug-likeness (QED) is 0.783. The number of nitrogens with zero attached hydrogens (tertiary/aromatic N) is 2. The third-order valence-electron chi connectivity index (χ3n) is 4.01. The summed E-state index contributed by atoms with van der Waals surface area (Å²) >= 11 is 0. The van der Waals surface area contributed by atoms with Crippen LogP contribution in [0.2, 0.25) is 0 Å². The zero-order valence-electron chi connectivity index (χ0n) is 12.6. The predicted octanol–water partition coefficient (Wildman–Crippen LogP) is 1.69. The number of nitrogens with one attached hydrogen (secondary N) is 2. The van der Waals surface area contributed by atoms with Gasteiger partial charge in [-0.25, -0.2) is 9.78 Å². The minimum absolute atomic E-state index is 0.00227. The van der Waals surface area contributed by atoms with E-state index in [0.29, 0.717) is 18.7 Å². The molecule has 2 unspecified atom stereocenters. The van der Waals surface area contributed by atoms with Gasteiger partial charge in [0.1, 0.15) is 11.4 Å². The van der Waals surface area contributed by atoms with Crippen molar-refractivity contribution in [1.82, 2.24) is 20.5 Å². The number of carbonyl (C=O) groups excluding carboxylic acids is 1. The van der Waals surface area contributed by atoms with Crippen molar-refractivity contribution in [3.8, 4) is 0 Å². The molecule has 3 N–H and O–H groups in total. The highest BCUT2D eigenvalue weighted by molar-refractivity contribution is 5.95. The number of aliphatic carboxylic acids is 1. The summed E-state index contributed by atoms with van der Waals surface area (Å²) in [5, 5.41) is 18.8. The molecule has 116 valence electrons. The smallest absolute Gasteiger partial charge is 0.329 e. The summed E-state index contributed by atoms with van der Waals surface area (Å²) in [5.41, 5.74) is -1.20. The molecule has 0 spiro atoms. The van der Waals surface area contributed by atoms with E-state index < -0.39 is 17.4 Å². The van der Waals surface area contributed by atoms with Crippen LogP contribution < -0.4 is 5.32 Å². The van der Waals surface area contributed by atoms with E-state index in [9.17, 15) is 14.7 Å². The number of aromatic amines is 1. The van der Waals surface area contributed by atoms with Crippen LogP contribution in [0.4, 0.5) is 0 Å². The van der Waals surface area contributed by atoms with Gasteiger partial charge in [-0.3, -0.25) is 9.89 Å². The Kier molecular flexibility index (Phi) is 4.29. The number of carboxylic acid groups (broad SMARTS) is 1. The van der Waals surface area contributed by atoms with Gasteiger partial charge in [0, 0.05) is 5.92 Å². The lowest BCUT2D eigenvalue weighted by Crippen LogP contribution is -2.57. The Morgan fingerprint density at radius 1 is 1.48 bits per heavy atom. The van der Waals surface area contributed by atoms with Crippen LogP contribution in [0.25, 0.3) is 0 Å². The number of carbonyl (C=O) groups is 2. The molecule has 2 rings (SSSR count). The number of rotatable bonds is 4. The number of carboxylic acids is 1. The Balaban J connectivity index is 2.16. The summed E-state index contributed by atoms with van der Waals surface area (Å²) in [4.78, 5) is 28.0. The van der Waals surface area contributed by atoms with Crippen LogP contribution in [-0.2, 0) is 4.79 Å². The molecule has 1 fully saturated rings. The van der Waals surface area contributed by atoms with Gasteiger partial charge >= 0.3 is 5.97 Å². The molecule has 7 nitrogen and oxygen atoms in total. The second-order valence-corrected chi connectivity index (χ2v) is 6.24. The fraction of sp³-hybridized carbons (Fsp3) is 0.714. The lowest BCUT2D eigenvalue weighted by molar-refractivity contribution is -0.146. The molecule has 0 bridgehead atoms. The SMILES string of the molecule is CC1CCCC(NC(=O)c2n[nH]c(C(C)C)n2)(C(=O)O)C1. The van der Waals surface area contributed by atoms with E-state index in [4.69, 9.17) is 0 Å². The van der Waals surface area contributed by atoms with E-state index >= 15 is 0 Å². The molecule has 1 amide bonds. The number of H-pyrrole nitrogens is 1. The second kappa shape index (κ2) is 5.83. The van der Waals surface area contributed by atoms with E-state index in [2.05, 4.69) is 20.5 Å². The van der Waals surface area contributed by atoms with Gasteiger partial charge in [-0.2, -0.15) is 0 Å². The highest BCUT2D eigenvalue weighted by atomic mass is 16.4. The van der Waals surface area contributed by atoms with Gasteiger partial charge < -0.3 is 10.4 Å². The van der Waals surface area contributed by atoms with Crippen LogP contribution in [0.15, 0.2) is 0 Å². The molecular weight excluding hydrogens is 272 g/mol. The van der Waals surface area contributed by atoms with E-state index in [0.717, 1.165) is 12.8 Å². The third-order valence-corrected chi connectivity index (χ3v) is 4.01. The molecule has 1 aliphatic rings. The van der Waals surface area contributed by atoms with Crippen molar-refractivity contribution >= 4 is 11.9 Å². The van der Waals surface area contributed by atoms with Gasteiger partial charge in [0.25, 0.3) is 5.91 Å². The molecule has 0 aromatic carbocycles. The van der Waals surface area contributed by atoms with Crippen molar-refractivity contribution in [2.75, 3.05) is 0 Å². The average Bonchev–Trinajstić information content (AvgIpc) is 2.88. The monoisotopic (exact) mass is 294 g/mol. The minimum Gasteiger partial charge on any atom is -0.480 e. The van der Waals surface area contributed by atoms with Crippen molar-refractivity contribution in [2.45, 2.75) is 57.9 Å². The Morgan fingerprint density at radius 2 is 2.19 bits per heavy atom. The van der Waals surface area contributed by atoms with Crippen LogP contribution >= 0.6 is 0 Å². The topological polar surface area (TPSA) is 108 Å². The van der Waals surface area contributed by atoms with E-state index in [-0.39, 0.29) is 17.7 Å². The lowest BCUT2D eigenvalue weighted by Gasteiger charge is -2.36. The van der Waals surface area contributed by atoms with Gasteiger partial charge in [0.2, 0.25) is 5.82 Å². The number of aromatic nitrogens is 3. The van der Waals surface area contributed by atoms with Crippen LogP contribution in [0.3, 0.4) is 0 Å². The van der Waals surface area contributed by atoms with Crippen molar-refractivity contribution in [2.24, 2.45) is 5.92 Å². The van der Waals surface area contributed by atoms with Crippen LogP contribution in [-0.4, -0.2) is 37.7 Å². The van der Waals surface area contributed by atoms with E-state index in [1.165, 1.54) is 0 Å². The molecule has 1 saturated carbocycles. The summed E-state index contributed by atoms with van der Waals surface area (Å²) in [6, 6.07) is 0. The Morgan fingerprint density at radius 3 is 2.71 bits per heavy atom. The van der Waals surface area contributed by atoms with Crippen LogP contribution in [0.5, 0.6) is 0 Å². The van der Waals surface area contributed by atoms with Crippen LogP contribution in [0, 0.1) is 5.92 Å². The summed E-state index contributed by atoms with van der Waals surface area (Å²) in [6.45, 7) is 5.88. The fourth-order valence-corrected chi connectivity index (χ4v) is 2.82. The number of amides is 1. The lowest BCUT2D eigenvalue weighted by atomic mass is 9.76. The first-order valence-electron chi connectivity index (χ1n) is 7.32. The molecule has 1 aromatic rings. The normalized spacial score (nSPS) is 25.8. The zero-order valence-corrected chi connectivity index (χ0v) is 12.6. The predicted molar refractivity (Wildman–Crippen MR) is 75.9 cm³/mol. The largest absolute Gasteiger partial charge is 0.480 e. The first-order chi connectivity index (χ1) is 9.84. The molecule has 0 saturated heterocycles. The molecule has 21 heavy (non-hydrogen) atoms. The Labute approximate surface area is 123 Å². The van der Waals surface area contributed by atoms with E-state index in [1.807, 2.05) is 20.8 Å². The van der Waals surface area contributed by atoms with Gasteiger partial charge in [0.05, 0.1) is 0 Å². The molecule has 0 radical (unpaired) electrons. The van der Waals surface area contributed by atoms with Crippen molar-refractivity contribution in [1.29, 1.82) is 0 Å². The first kappa shape index (κ1) is 15.5. The standard InChI is InChI=1S/C14H22N4O3/c1-8(2)10-15-11(18-17-10)12(19)16-14(13(20)21)6-4-5-9(3)7-14/h8-9H,4-7H2,1-3H3,(H,16,19)(H,20,21)(H,15,17,18). The summed E-state index contributed by atoms with van der Waals surface area (Å²) in [6.07, 6.45) is 2.66. The maximum Gasteiger partial charge on any atom is 0.329 e. The molecule has 1 aliphatic carbocycles. The van der Waals surface area contributed by atoms with Gasteiger partial charge in [0.15, 0.2) is 0 Å². The second-order valence-electron chi connectivity index (χ2n) is 6.24. The minimum atomic E-state index is -1.20. The molecular formula is C14H22N4O3. The first-order valence-corrected chi connectivity index (χ1v) is 7.32. The van der Waals surface area contributed by atoms with Crippen molar-refractivity contribution in [3.63, 3.8) is 0 Å². The highest BCUT2D eigenvalue weighted by Gasteiger charge is 2.43. The van der Waals surface area contributed by atoms with Gasteiger partial charge in [-0.05, 0) is 18.8 Å². The summed E-state index contributed by atoms with van der Waals surface area (Å²) < 4.78 is 0. The Bertz CT molecular complexity index is 540. The molecule has 0 aliphatic heterocycles. The van der Waals surface area contributed by atoms with Crippen LogP contribution in [0.1, 0.15) is 68.8 Å². The Hall–Kier alpha value is -1.92. The average molecular weight is 294 g/mol. The highest BCUT2D eigenvalue weighted by Crippen LogP contribution is 2.32. The zero-order chi connectivity index (χ0) is 15.6. The molecule has 1 heterocycles. The number of hydrogen-bond donors (Lipinski definition) is 3. The van der Waals surface area contributed by atoms with E-state index in [1.54, 1.807) is 0 Å². The maximum atomic E-state index is 12.2. The molecule has 2 atom stereocenters. The van der Waals surface area contributed by atoms with Gasteiger partial charge in [-0.15, -0.1) is 5.10 Å². The third kappa shape index (κ3) is 3.22. The molecule has 1 aromatic heterocycles. The maximum absolute atomic E-state index is 12.2. The fourth-order valence-electron chi connectivity index (χ4n) is 2.82. The van der Waals surface area contributed by atoms with Gasteiger partial charge in [-0.1, -0.05) is 33.6 Å². The molecule has 7 heteroatoms. The number of hydrogen-bond acceptors (Lipinski definition) is 4. The van der Waals surface area contributed by atoms with Crippen molar-refractivity contribution in [3.05, 3.63) is 11.6 Å². The summed E-state index contributed by atoms with van der Waals surface area (Å²) in [7, 11) is 0. The summed E-state index contributed by atoms with van der Waals surface area (Å²) in [5.74, 6) is -0.508.